The van der Waals surface area contributed by atoms with Gasteiger partial charge in [0.2, 0.25) is 5.78 Å². The number of anilines is 1. The Morgan fingerprint density at radius 1 is 1.02 bits per heavy atom. The average molecular weight is 674 g/mol. The smallest absolute Gasteiger partial charge is 0.254 e. The number of fused-ring (bicyclic) bond motifs is 1. The van der Waals surface area contributed by atoms with Crippen LogP contribution in [0.1, 0.15) is 32.0 Å². The second-order valence-electron chi connectivity index (χ2n) is 12.6. The van der Waals surface area contributed by atoms with Crippen LogP contribution in [-0.2, 0) is 16.2 Å². The fraction of sp³-hybridized carbons (Fsp3) is 0.306. The highest BCUT2D eigenvalue weighted by Crippen LogP contribution is 2.34. The summed E-state index contributed by atoms with van der Waals surface area (Å²) < 4.78 is 34.7. The Morgan fingerprint density at radius 3 is 2.52 bits per heavy atom. The van der Waals surface area contributed by atoms with Crippen LogP contribution in [0.15, 0.2) is 72.9 Å². The van der Waals surface area contributed by atoms with Gasteiger partial charge < -0.3 is 29.4 Å². The van der Waals surface area contributed by atoms with Crippen molar-refractivity contribution in [2.24, 2.45) is 0 Å². The number of ether oxygens (including phenoxy) is 3. The van der Waals surface area contributed by atoms with Gasteiger partial charge in [0.15, 0.2) is 11.6 Å². The number of aromatic nitrogens is 3. The summed E-state index contributed by atoms with van der Waals surface area (Å²) in [6.07, 6.45) is 8.15. The van der Waals surface area contributed by atoms with Crippen LogP contribution in [0.5, 0.6) is 11.5 Å². The van der Waals surface area contributed by atoms with E-state index in [0.717, 1.165) is 22.2 Å². The molecule has 0 spiro atoms. The van der Waals surface area contributed by atoms with Gasteiger partial charge in [0, 0.05) is 29.8 Å². The number of nitrogens with zero attached hydrogens (tertiary/aromatic N) is 4. The first kappa shape index (κ1) is 33.3. The number of morpholine rings is 1. The molecule has 252 valence electrons. The standard InChI is InChI=1S/C36H40FN5O5S/c1-24-19-27(47-33-8-6-5-7-29(33)37)10-12-30(24)42-35(38)28(22-39-42)34(43)32-21-26-20-25(36(44)40-13-15-45-16-14-40)9-11-31(26)41(32)23-46-17-18-48(2,3)4/h5-12,19-22H,13-18,23,38H2,1-4H3. The second kappa shape index (κ2) is 13.8. The van der Waals surface area contributed by atoms with Gasteiger partial charge in [0.05, 0.1) is 48.5 Å². The second-order valence-corrected chi connectivity index (χ2v) is 17.2. The lowest BCUT2D eigenvalue weighted by Gasteiger charge is -2.26. The predicted molar refractivity (Wildman–Crippen MR) is 187 cm³/mol. The molecule has 5 aromatic rings. The number of hydrogen-bond donors (Lipinski definition) is 1. The summed E-state index contributed by atoms with van der Waals surface area (Å²) in [5, 5.41) is 5.21. The SMILES string of the molecule is Cc1cc(Oc2ccccc2F)ccc1-n1ncc(C(=O)c2cc3cc(C(=O)N4CCOCC4)ccc3n2COCCS(C)(C)C)c1N. The third-order valence-corrected chi connectivity index (χ3v) is 9.64. The van der Waals surface area contributed by atoms with Gasteiger partial charge in [-0.1, -0.05) is 12.1 Å². The molecule has 1 aliphatic rings. The van der Waals surface area contributed by atoms with Crippen molar-refractivity contribution in [3.05, 3.63) is 101 Å². The van der Waals surface area contributed by atoms with E-state index in [0.29, 0.717) is 55.6 Å². The molecule has 3 heterocycles. The molecular weight excluding hydrogens is 633 g/mol. The molecule has 0 atom stereocenters. The van der Waals surface area contributed by atoms with Crippen LogP contribution in [0, 0.1) is 12.7 Å². The van der Waals surface area contributed by atoms with Gasteiger partial charge in [0.1, 0.15) is 18.3 Å². The van der Waals surface area contributed by atoms with E-state index in [9.17, 15) is 14.0 Å². The normalized spacial score (nSPS) is 14.0. The maximum atomic E-state index is 14.2. The number of benzene rings is 3. The molecule has 12 heteroatoms. The molecule has 1 amide bonds. The molecule has 1 fully saturated rings. The summed E-state index contributed by atoms with van der Waals surface area (Å²) in [6, 6.07) is 18.7. The quantitative estimate of drug-likeness (QED) is 0.135. The maximum Gasteiger partial charge on any atom is 0.254 e. The number of hydrogen-bond acceptors (Lipinski definition) is 7. The first-order chi connectivity index (χ1) is 23.0. The number of halogens is 1. The van der Waals surface area contributed by atoms with Crippen molar-refractivity contribution in [2.75, 3.05) is 63.2 Å². The molecule has 1 aliphatic heterocycles. The van der Waals surface area contributed by atoms with E-state index in [1.54, 1.807) is 53.4 Å². The third-order valence-electron chi connectivity index (χ3n) is 8.25. The first-order valence-corrected chi connectivity index (χ1v) is 18.7. The van der Waals surface area contributed by atoms with Crippen LogP contribution in [0.4, 0.5) is 10.2 Å². The fourth-order valence-electron chi connectivity index (χ4n) is 5.59. The molecule has 2 N–H and O–H groups in total. The minimum atomic E-state index is -0.761. The number of aryl methyl sites for hydroxylation is 1. The number of carbonyl (C=O) groups excluding carboxylic acids is 2. The zero-order valence-electron chi connectivity index (χ0n) is 27.6. The van der Waals surface area contributed by atoms with Crippen LogP contribution in [0.25, 0.3) is 16.6 Å². The van der Waals surface area contributed by atoms with E-state index in [-0.39, 0.29) is 35.6 Å². The van der Waals surface area contributed by atoms with Crippen molar-refractivity contribution in [2.45, 2.75) is 13.7 Å². The monoisotopic (exact) mass is 673 g/mol. The number of carbonyl (C=O) groups is 2. The Bertz CT molecular complexity index is 1980. The number of rotatable bonds is 11. The highest BCUT2D eigenvalue weighted by Gasteiger charge is 2.25. The van der Waals surface area contributed by atoms with Crippen LogP contribution in [0.2, 0.25) is 0 Å². The van der Waals surface area contributed by atoms with Gasteiger partial charge in [-0.3, -0.25) is 9.59 Å². The molecule has 0 saturated carbocycles. The Balaban J connectivity index is 1.30. The van der Waals surface area contributed by atoms with E-state index < -0.39 is 15.8 Å². The summed E-state index contributed by atoms with van der Waals surface area (Å²) >= 11 is 0. The lowest BCUT2D eigenvalue weighted by molar-refractivity contribution is 0.0303. The highest BCUT2D eigenvalue weighted by molar-refractivity contribution is 8.32. The zero-order valence-corrected chi connectivity index (χ0v) is 28.4. The Kier molecular flexibility index (Phi) is 9.58. The highest BCUT2D eigenvalue weighted by atomic mass is 32.3. The largest absolute Gasteiger partial charge is 0.454 e. The Labute approximate surface area is 280 Å². The molecule has 0 bridgehead atoms. The topological polar surface area (TPSA) is 114 Å². The van der Waals surface area contributed by atoms with Crippen LogP contribution in [-0.4, -0.2) is 88.4 Å². The molecule has 6 rings (SSSR count). The molecule has 0 unspecified atom stereocenters. The fourth-order valence-corrected chi connectivity index (χ4v) is 6.21. The summed E-state index contributed by atoms with van der Waals surface area (Å²) in [5.74, 6) is 0.811. The predicted octanol–water partition coefficient (Wildman–Crippen LogP) is 6.02. The van der Waals surface area contributed by atoms with Crippen molar-refractivity contribution < 1.29 is 28.2 Å². The minimum Gasteiger partial charge on any atom is -0.454 e. The molecule has 3 aromatic carbocycles. The van der Waals surface area contributed by atoms with Gasteiger partial charge in [-0.05, 0) is 85.9 Å². The van der Waals surface area contributed by atoms with Gasteiger partial charge in [-0.25, -0.2) is 19.1 Å². The zero-order chi connectivity index (χ0) is 34.0. The van der Waals surface area contributed by atoms with Crippen LogP contribution < -0.4 is 10.5 Å². The van der Waals surface area contributed by atoms with Crippen molar-refractivity contribution in [1.82, 2.24) is 19.2 Å². The van der Waals surface area contributed by atoms with E-state index in [1.165, 1.54) is 16.9 Å². The molecular formula is C36H40FN5O5S. The van der Waals surface area contributed by atoms with Gasteiger partial charge in [-0.2, -0.15) is 5.10 Å². The Hall–Kier alpha value is -4.65. The molecule has 10 nitrogen and oxygen atoms in total. The molecule has 1 saturated heterocycles. The van der Waals surface area contributed by atoms with Crippen molar-refractivity contribution >= 4 is 38.4 Å². The summed E-state index contributed by atoms with van der Waals surface area (Å²) in [4.78, 5) is 29.2. The maximum absolute atomic E-state index is 14.2. The number of para-hydroxylation sites is 1. The van der Waals surface area contributed by atoms with Crippen LogP contribution >= 0.6 is 10.0 Å². The van der Waals surface area contributed by atoms with E-state index in [4.69, 9.17) is 19.9 Å². The van der Waals surface area contributed by atoms with E-state index in [1.807, 2.05) is 23.6 Å². The van der Waals surface area contributed by atoms with Crippen molar-refractivity contribution in [1.29, 1.82) is 0 Å². The third kappa shape index (κ3) is 7.10. The van der Waals surface area contributed by atoms with Gasteiger partial charge in [-0.15, -0.1) is 0 Å². The lowest BCUT2D eigenvalue weighted by atomic mass is 10.1. The van der Waals surface area contributed by atoms with E-state index in [2.05, 4.69) is 23.9 Å². The van der Waals surface area contributed by atoms with Gasteiger partial charge >= 0.3 is 0 Å². The first-order valence-electron chi connectivity index (χ1n) is 15.7. The molecule has 2 aromatic heterocycles. The van der Waals surface area contributed by atoms with Crippen LogP contribution in [0.3, 0.4) is 0 Å². The summed E-state index contributed by atoms with van der Waals surface area (Å²) in [5.41, 5.74) is 9.91. The number of nitrogens with two attached hydrogens (primary N) is 1. The molecule has 0 radical (unpaired) electrons. The van der Waals surface area contributed by atoms with Gasteiger partial charge in [0.25, 0.3) is 5.91 Å². The minimum absolute atomic E-state index is 0.0727. The number of nitrogen functional groups attached to an aromatic ring is 1. The van der Waals surface area contributed by atoms with Crippen molar-refractivity contribution in [3.63, 3.8) is 0 Å². The van der Waals surface area contributed by atoms with E-state index >= 15 is 0 Å². The average Bonchev–Trinajstić information content (AvgIpc) is 3.63. The number of ketones is 1. The number of amides is 1. The molecule has 0 aliphatic carbocycles. The summed E-state index contributed by atoms with van der Waals surface area (Å²) in [6.45, 7) is 4.66. The summed E-state index contributed by atoms with van der Waals surface area (Å²) in [7, 11) is -0.761. The lowest BCUT2D eigenvalue weighted by Crippen LogP contribution is -2.40. The Morgan fingerprint density at radius 2 is 1.79 bits per heavy atom. The van der Waals surface area contributed by atoms with Crippen molar-refractivity contribution in [3.8, 4) is 17.2 Å². The molecule has 48 heavy (non-hydrogen) atoms.